The van der Waals surface area contributed by atoms with Gasteiger partial charge in [0.25, 0.3) is 10.1 Å². The summed E-state index contributed by atoms with van der Waals surface area (Å²) in [4.78, 5) is 0. The Kier molecular flexibility index (Phi) is 9.11. The molecule has 30 heavy (non-hydrogen) atoms. The van der Waals surface area contributed by atoms with Crippen molar-refractivity contribution >= 4 is 10.1 Å². The van der Waals surface area contributed by atoms with E-state index in [2.05, 4.69) is 27.7 Å². The highest BCUT2D eigenvalue weighted by atomic mass is 32.2. The van der Waals surface area contributed by atoms with E-state index in [1.54, 1.807) is 0 Å². The van der Waals surface area contributed by atoms with Crippen molar-refractivity contribution in [2.45, 2.75) is 89.7 Å². The average molecular weight is 431 g/mol. The van der Waals surface area contributed by atoms with Crippen molar-refractivity contribution in [3.63, 3.8) is 0 Å². The summed E-state index contributed by atoms with van der Waals surface area (Å²) in [6.45, 7) is 8.42. The quantitative estimate of drug-likeness (QED) is 0.285. The third kappa shape index (κ3) is 5.33. The largest absolute Gasteiger partial charge is 0.285 e. The molecular weight excluding hydrogens is 392 g/mol. The predicted molar refractivity (Wildman–Crippen MR) is 127 cm³/mol. The first kappa shape index (κ1) is 24.6. The molecule has 4 heteroatoms. The van der Waals surface area contributed by atoms with Gasteiger partial charge in [0.15, 0.2) is 0 Å². The first-order chi connectivity index (χ1) is 14.3. The molecule has 1 unspecified atom stereocenters. The van der Waals surface area contributed by atoms with Crippen molar-refractivity contribution < 1.29 is 13.0 Å². The molecule has 3 nitrogen and oxygen atoms in total. The monoisotopic (exact) mass is 430 g/mol. The number of aryl methyl sites for hydroxylation is 1. The van der Waals surface area contributed by atoms with Crippen LogP contribution in [0.5, 0.6) is 0 Å². The van der Waals surface area contributed by atoms with Crippen LogP contribution in [0.15, 0.2) is 48.5 Å². The molecule has 0 aliphatic rings. The maximum Gasteiger partial charge on any atom is 0.279 e. The molecule has 166 valence electrons. The second-order valence-corrected chi connectivity index (χ2v) is 10.3. The molecule has 0 fully saturated rings. The third-order valence-corrected chi connectivity index (χ3v) is 7.59. The van der Waals surface area contributed by atoms with Gasteiger partial charge >= 0.3 is 0 Å². The van der Waals surface area contributed by atoms with Gasteiger partial charge in [-0.3, -0.25) is 4.55 Å². The molecule has 0 saturated heterocycles. The standard InChI is InChI=1S/C26H38O3S/c1-5-7-8-9-14-20-26(30(27,28)29,24-18-12-10-16-22(24)15-6-2)25-19-13-11-17-23(25)21(3)4/h10-13,16-19,21H,5-9,14-15,20H2,1-4H3,(H,27,28,29). The highest BCUT2D eigenvalue weighted by Gasteiger charge is 2.48. The maximum absolute atomic E-state index is 13.3. The molecule has 0 aromatic heterocycles. The minimum absolute atomic E-state index is 0.153. The van der Waals surface area contributed by atoms with E-state index in [0.29, 0.717) is 6.42 Å². The van der Waals surface area contributed by atoms with Crippen LogP contribution in [-0.2, 0) is 21.3 Å². The van der Waals surface area contributed by atoms with Crippen LogP contribution in [0.1, 0.15) is 101 Å². The molecule has 2 aromatic carbocycles. The Bertz CT molecular complexity index is 902. The van der Waals surface area contributed by atoms with Crippen LogP contribution < -0.4 is 0 Å². The van der Waals surface area contributed by atoms with Crippen LogP contribution in [0.25, 0.3) is 0 Å². The Morgan fingerprint density at radius 3 is 2.03 bits per heavy atom. The molecule has 2 rings (SSSR count). The fraction of sp³-hybridized carbons (Fsp3) is 0.538. The van der Waals surface area contributed by atoms with Crippen molar-refractivity contribution in [1.82, 2.24) is 0 Å². The molecule has 0 heterocycles. The lowest BCUT2D eigenvalue weighted by Crippen LogP contribution is -2.39. The first-order valence-corrected chi connectivity index (χ1v) is 12.9. The number of hydrogen-bond acceptors (Lipinski definition) is 2. The Labute approximate surface area is 183 Å². The number of unbranched alkanes of at least 4 members (excludes halogenated alkanes) is 4. The summed E-state index contributed by atoms with van der Waals surface area (Å²) in [6.07, 6.45) is 7.18. The van der Waals surface area contributed by atoms with Gasteiger partial charge in [-0.25, -0.2) is 0 Å². The van der Waals surface area contributed by atoms with Gasteiger partial charge < -0.3 is 0 Å². The van der Waals surface area contributed by atoms with Crippen LogP contribution in [0, 0.1) is 0 Å². The molecule has 0 saturated carbocycles. The van der Waals surface area contributed by atoms with Gasteiger partial charge in [0.2, 0.25) is 0 Å². The van der Waals surface area contributed by atoms with Gasteiger partial charge in [-0.2, -0.15) is 8.42 Å². The van der Waals surface area contributed by atoms with E-state index in [0.717, 1.165) is 67.2 Å². The van der Waals surface area contributed by atoms with Crippen molar-refractivity contribution in [1.29, 1.82) is 0 Å². The highest BCUT2D eigenvalue weighted by molar-refractivity contribution is 7.87. The average Bonchev–Trinajstić information content (AvgIpc) is 2.71. The number of rotatable bonds is 12. The second-order valence-electron chi connectivity index (χ2n) is 8.62. The van der Waals surface area contributed by atoms with E-state index in [1.807, 2.05) is 48.5 Å². The molecule has 0 amide bonds. The third-order valence-electron chi connectivity index (χ3n) is 6.06. The fourth-order valence-electron chi connectivity index (χ4n) is 4.57. The summed E-state index contributed by atoms with van der Waals surface area (Å²) in [5.74, 6) is 0.153. The van der Waals surface area contributed by atoms with Crippen LogP contribution in [-0.4, -0.2) is 13.0 Å². The maximum atomic E-state index is 13.3. The highest BCUT2D eigenvalue weighted by Crippen LogP contribution is 2.46. The number of benzene rings is 2. The Balaban J connectivity index is 2.76. The van der Waals surface area contributed by atoms with E-state index >= 15 is 0 Å². The van der Waals surface area contributed by atoms with Crippen LogP contribution in [0.3, 0.4) is 0 Å². The van der Waals surface area contributed by atoms with Gasteiger partial charge in [0.1, 0.15) is 4.75 Å². The summed E-state index contributed by atoms with van der Waals surface area (Å²) in [5.41, 5.74) is 3.44. The van der Waals surface area contributed by atoms with Crippen LogP contribution in [0.2, 0.25) is 0 Å². The molecule has 0 spiro atoms. The molecule has 2 aromatic rings. The van der Waals surface area contributed by atoms with E-state index in [4.69, 9.17) is 0 Å². The van der Waals surface area contributed by atoms with Crippen molar-refractivity contribution in [2.75, 3.05) is 0 Å². The zero-order valence-corrected chi connectivity index (χ0v) is 19.8. The van der Waals surface area contributed by atoms with Gasteiger partial charge in [0.05, 0.1) is 0 Å². The van der Waals surface area contributed by atoms with E-state index in [1.165, 1.54) is 0 Å². The summed E-state index contributed by atoms with van der Waals surface area (Å²) in [6, 6.07) is 15.5. The Morgan fingerprint density at radius 2 is 1.43 bits per heavy atom. The summed E-state index contributed by atoms with van der Waals surface area (Å²) >= 11 is 0. The zero-order valence-electron chi connectivity index (χ0n) is 19.0. The van der Waals surface area contributed by atoms with E-state index in [9.17, 15) is 13.0 Å². The lowest BCUT2D eigenvalue weighted by Gasteiger charge is -2.36. The minimum Gasteiger partial charge on any atom is -0.285 e. The molecular formula is C26H38O3S. The molecule has 0 bridgehead atoms. The van der Waals surface area contributed by atoms with Crippen LogP contribution in [0.4, 0.5) is 0 Å². The Morgan fingerprint density at radius 1 is 0.833 bits per heavy atom. The normalized spacial score (nSPS) is 14.1. The molecule has 0 radical (unpaired) electrons. The smallest absolute Gasteiger partial charge is 0.279 e. The van der Waals surface area contributed by atoms with Gasteiger partial charge in [-0.15, -0.1) is 0 Å². The Hall–Kier alpha value is -1.65. The molecule has 1 atom stereocenters. The SMILES string of the molecule is CCCCCCCC(c1ccccc1CCC)(c1ccccc1C(C)C)S(=O)(=O)O. The lowest BCUT2D eigenvalue weighted by molar-refractivity contribution is 0.424. The van der Waals surface area contributed by atoms with Crippen molar-refractivity contribution in [3.8, 4) is 0 Å². The van der Waals surface area contributed by atoms with Crippen LogP contribution >= 0.6 is 0 Å². The lowest BCUT2D eigenvalue weighted by atomic mass is 9.78. The minimum atomic E-state index is -4.42. The molecule has 0 aliphatic carbocycles. The van der Waals surface area contributed by atoms with Crippen molar-refractivity contribution in [2.24, 2.45) is 0 Å². The zero-order chi connectivity index (χ0) is 22.2. The van der Waals surface area contributed by atoms with Crippen molar-refractivity contribution in [3.05, 3.63) is 70.8 Å². The summed E-state index contributed by atoms with van der Waals surface area (Å²) < 4.78 is 35.9. The predicted octanol–water partition coefficient (Wildman–Crippen LogP) is 7.25. The van der Waals surface area contributed by atoms with E-state index < -0.39 is 14.9 Å². The van der Waals surface area contributed by atoms with Gasteiger partial charge in [-0.1, -0.05) is 115 Å². The van der Waals surface area contributed by atoms with Gasteiger partial charge in [-0.05, 0) is 41.0 Å². The number of hydrogen-bond donors (Lipinski definition) is 1. The molecule has 1 N–H and O–H groups in total. The summed E-state index contributed by atoms with van der Waals surface area (Å²) in [5, 5.41) is 0. The van der Waals surface area contributed by atoms with Gasteiger partial charge in [0, 0.05) is 0 Å². The van der Waals surface area contributed by atoms with E-state index in [-0.39, 0.29) is 5.92 Å². The summed E-state index contributed by atoms with van der Waals surface area (Å²) in [7, 11) is -4.42. The topological polar surface area (TPSA) is 54.4 Å². The first-order valence-electron chi connectivity index (χ1n) is 11.4. The molecule has 0 aliphatic heterocycles. The second kappa shape index (κ2) is 11.1. The fourth-order valence-corrected chi connectivity index (χ4v) is 5.91.